The van der Waals surface area contributed by atoms with Crippen LogP contribution in [0.2, 0.25) is 0 Å². The number of ether oxygens (including phenoxy) is 2. The number of allylic oxidation sites excluding steroid dienone is 1. The molecule has 0 aromatic heterocycles. The second-order valence-corrected chi connectivity index (χ2v) is 11.5. The zero-order chi connectivity index (χ0) is 27.7. The molecule has 5 rings (SSSR count). The fourth-order valence-electron chi connectivity index (χ4n) is 6.47. The molecule has 3 aliphatic heterocycles. The van der Waals surface area contributed by atoms with Gasteiger partial charge < -0.3 is 24.4 Å². The molecule has 1 N–H and O–H groups in total. The zero-order valence-electron chi connectivity index (χ0n) is 21.7. The van der Waals surface area contributed by atoms with Gasteiger partial charge in [0.2, 0.25) is 5.91 Å². The van der Waals surface area contributed by atoms with Gasteiger partial charge in [0.1, 0.15) is 11.6 Å². The van der Waals surface area contributed by atoms with E-state index in [0.29, 0.717) is 24.9 Å². The topological polar surface area (TPSA) is 96.4 Å². The summed E-state index contributed by atoms with van der Waals surface area (Å²) in [5.74, 6) is -2.91. The van der Waals surface area contributed by atoms with Crippen molar-refractivity contribution in [2.24, 2.45) is 11.8 Å². The fourth-order valence-corrected chi connectivity index (χ4v) is 7.41. The lowest BCUT2D eigenvalue weighted by molar-refractivity contribution is -0.155. The Labute approximate surface area is 236 Å². The molecule has 3 aliphatic rings. The van der Waals surface area contributed by atoms with E-state index in [2.05, 4.69) is 29.1 Å². The van der Waals surface area contributed by atoms with Gasteiger partial charge in [-0.25, -0.2) is 0 Å². The maximum atomic E-state index is 14.4. The third-order valence-corrected chi connectivity index (χ3v) is 8.90. The molecule has 3 saturated heterocycles. The first-order valence-corrected chi connectivity index (χ1v) is 14.2. The Morgan fingerprint density at radius 3 is 2.69 bits per heavy atom. The first-order valence-electron chi connectivity index (χ1n) is 13.3. The highest BCUT2D eigenvalue weighted by molar-refractivity contribution is 9.09. The summed E-state index contributed by atoms with van der Waals surface area (Å²) in [6.07, 6.45) is 4.53. The number of carbonyl (C=O) groups is 3. The van der Waals surface area contributed by atoms with Crippen LogP contribution in [0.1, 0.15) is 19.3 Å². The third-order valence-electron chi connectivity index (χ3n) is 8.06. The van der Waals surface area contributed by atoms with Crippen LogP contribution in [-0.2, 0) is 23.9 Å². The van der Waals surface area contributed by atoms with Crippen molar-refractivity contribution in [3.8, 4) is 0 Å². The van der Waals surface area contributed by atoms with Gasteiger partial charge in [-0.15, -0.1) is 13.2 Å². The van der Waals surface area contributed by atoms with Crippen LogP contribution in [-0.4, -0.2) is 76.7 Å². The predicted molar refractivity (Wildman–Crippen MR) is 151 cm³/mol. The van der Waals surface area contributed by atoms with Crippen molar-refractivity contribution in [3.05, 3.63) is 67.8 Å². The molecule has 0 saturated carbocycles. The van der Waals surface area contributed by atoms with Crippen molar-refractivity contribution >= 4 is 50.2 Å². The van der Waals surface area contributed by atoms with Gasteiger partial charge in [-0.1, -0.05) is 58.4 Å². The largest absolute Gasteiger partial charge is 0.465 e. The Bertz CT molecular complexity index is 1300. The summed E-state index contributed by atoms with van der Waals surface area (Å²) in [6, 6.07) is 12.6. The Kier molecular flexibility index (Phi) is 7.94. The number of aliphatic hydroxyl groups excluding tert-OH is 1. The minimum Gasteiger partial charge on any atom is -0.465 e. The molecule has 2 aromatic carbocycles. The van der Waals surface area contributed by atoms with Gasteiger partial charge in [-0.3, -0.25) is 14.4 Å². The van der Waals surface area contributed by atoms with E-state index in [9.17, 15) is 19.5 Å². The highest BCUT2D eigenvalue weighted by Crippen LogP contribution is 2.60. The molecule has 206 valence electrons. The lowest BCUT2D eigenvalue weighted by Gasteiger charge is -2.37. The standard InChI is InChI=1S/C30H33BrN2O6/c1-3-5-8-16-38-29(37)23-24-27(35)33(14-15-34)26(30(24)18-22(31)25(23)39-30)28(36)32(13-4-2)21-12-11-19-9-6-7-10-20(19)17-21/h3-4,6-7,9-12,17,22-26,34H,1-2,5,8,13-16,18H2/t22?,23-,24+,25-,26?,30?/m1/s1. The highest BCUT2D eigenvalue weighted by atomic mass is 79.9. The van der Waals surface area contributed by atoms with Crippen LogP contribution in [0.5, 0.6) is 0 Å². The first-order chi connectivity index (χ1) is 18.9. The van der Waals surface area contributed by atoms with Crippen LogP contribution >= 0.6 is 15.9 Å². The number of halogens is 1. The fraction of sp³-hybridized carbons (Fsp3) is 0.433. The Balaban J connectivity index is 1.51. The summed E-state index contributed by atoms with van der Waals surface area (Å²) in [4.78, 5) is 44.3. The number of hydrogen-bond donors (Lipinski definition) is 1. The molecule has 3 heterocycles. The van der Waals surface area contributed by atoms with Gasteiger partial charge in [0.15, 0.2) is 0 Å². The quantitative estimate of drug-likeness (QED) is 0.184. The van der Waals surface area contributed by atoms with E-state index < -0.39 is 35.6 Å². The van der Waals surface area contributed by atoms with Crippen LogP contribution in [0.4, 0.5) is 5.69 Å². The van der Waals surface area contributed by atoms with Crippen molar-refractivity contribution in [1.82, 2.24) is 4.90 Å². The van der Waals surface area contributed by atoms with E-state index in [0.717, 1.165) is 10.8 Å². The van der Waals surface area contributed by atoms with Crippen molar-refractivity contribution in [2.75, 3.05) is 31.2 Å². The molecule has 3 unspecified atom stereocenters. The maximum Gasteiger partial charge on any atom is 0.312 e. The van der Waals surface area contributed by atoms with Crippen molar-refractivity contribution in [1.29, 1.82) is 0 Å². The minimum atomic E-state index is -1.22. The number of aliphatic hydroxyl groups is 1. The summed E-state index contributed by atoms with van der Waals surface area (Å²) in [6.45, 7) is 7.59. The average Bonchev–Trinajstić information content (AvgIpc) is 3.53. The number of benzene rings is 2. The number of rotatable bonds is 11. The molecule has 9 heteroatoms. The van der Waals surface area contributed by atoms with E-state index in [4.69, 9.17) is 9.47 Å². The van der Waals surface area contributed by atoms with E-state index in [1.54, 1.807) is 17.1 Å². The number of alkyl halides is 1. The van der Waals surface area contributed by atoms with E-state index in [1.807, 2.05) is 42.5 Å². The van der Waals surface area contributed by atoms with Crippen LogP contribution in [0.25, 0.3) is 10.8 Å². The highest BCUT2D eigenvalue weighted by Gasteiger charge is 2.77. The number of carbonyl (C=O) groups excluding carboxylic acids is 3. The molecule has 0 radical (unpaired) electrons. The summed E-state index contributed by atoms with van der Waals surface area (Å²) >= 11 is 3.66. The van der Waals surface area contributed by atoms with Crippen molar-refractivity contribution in [3.63, 3.8) is 0 Å². The Hall–Kier alpha value is -3.01. The van der Waals surface area contributed by atoms with Crippen LogP contribution < -0.4 is 4.90 Å². The molecule has 0 aliphatic carbocycles. The Morgan fingerprint density at radius 1 is 1.21 bits per heavy atom. The molecule has 1 spiro atoms. The van der Waals surface area contributed by atoms with Crippen LogP contribution in [0.15, 0.2) is 67.8 Å². The number of unbranched alkanes of at least 4 members (excludes halogenated alkanes) is 1. The van der Waals surface area contributed by atoms with Gasteiger partial charge in [-0.05, 0) is 42.2 Å². The molecule has 39 heavy (non-hydrogen) atoms. The van der Waals surface area contributed by atoms with Gasteiger partial charge in [0.25, 0.3) is 5.91 Å². The molecule has 6 atom stereocenters. The molecule has 8 nitrogen and oxygen atoms in total. The lowest BCUT2D eigenvalue weighted by atomic mass is 9.70. The monoisotopic (exact) mass is 596 g/mol. The second kappa shape index (κ2) is 11.2. The van der Waals surface area contributed by atoms with Gasteiger partial charge in [0, 0.05) is 23.6 Å². The molecule has 2 aromatic rings. The number of anilines is 1. The van der Waals surface area contributed by atoms with Crippen molar-refractivity contribution < 1.29 is 29.0 Å². The Morgan fingerprint density at radius 2 is 1.97 bits per heavy atom. The van der Waals surface area contributed by atoms with E-state index >= 15 is 0 Å². The first kappa shape index (κ1) is 27.6. The van der Waals surface area contributed by atoms with Gasteiger partial charge >= 0.3 is 5.97 Å². The number of likely N-dealkylation sites (tertiary alicyclic amines) is 1. The number of β-amino-alcohol motifs (C(OH)–C–C–N with tert-alkyl or cyclic N) is 1. The normalized spacial score (nSPS) is 28.9. The van der Waals surface area contributed by atoms with E-state index in [1.165, 1.54) is 4.90 Å². The molecular formula is C30H33BrN2O6. The summed E-state index contributed by atoms with van der Waals surface area (Å²) in [5.41, 5.74) is -0.556. The van der Waals surface area contributed by atoms with Gasteiger partial charge in [0.05, 0.1) is 31.2 Å². The lowest BCUT2D eigenvalue weighted by Crippen LogP contribution is -2.57. The van der Waals surface area contributed by atoms with Gasteiger partial charge in [-0.2, -0.15) is 0 Å². The number of esters is 1. The number of fused-ring (bicyclic) bond motifs is 2. The van der Waals surface area contributed by atoms with E-state index in [-0.39, 0.29) is 42.9 Å². The number of hydrogen-bond acceptors (Lipinski definition) is 6. The zero-order valence-corrected chi connectivity index (χ0v) is 23.3. The average molecular weight is 598 g/mol. The summed E-state index contributed by atoms with van der Waals surface area (Å²) < 4.78 is 12.0. The molecular weight excluding hydrogens is 564 g/mol. The van der Waals surface area contributed by atoms with Crippen molar-refractivity contribution in [2.45, 2.75) is 41.8 Å². The number of amides is 2. The molecule has 3 fully saturated rings. The second-order valence-electron chi connectivity index (χ2n) is 10.3. The number of nitrogens with zero attached hydrogens (tertiary/aromatic N) is 2. The summed E-state index contributed by atoms with van der Waals surface area (Å²) in [5, 5.41) is 11.9. The summed E-state index contributed by atoms with van der Waals surface area (Å²) in [7, 11) is 0. The SMILES string of the molecule is C=CCCCOC(=O)[C@H]1[C@@H]2OC3(CC2Br)C(C(=O)N(CC=C)c2ccc4ccccc4c2)N(CCO)C(=O)[C@H]13. The third kappa shape index (κ3) is 4.60. The predicted octanol–water partition coefficient (Wildman–Crippen LogP) is 3.61. The maximum absolute atomic E-state index is 14.4. The van der Waals surface area contributed by atoms with Crippen LogP contribution in [0, 0.1) is 11.8 Å². The molecule has 2 bridgehead atoms. The molecule has 2 amide bonds. The van der Waals surface area contributed by atoms with Crippen LogP contribution in [0.3, 0.4) is 0 Å². The smallest absolute Gasteiger partial charge is 0.312 e. The minimum absolute atomic E-state index is 0.0464.